The molecule has 0 bridgehead atoms. The number of benzene rings is 1. The van der Waals surface area contributed by atoms with Gasteiger partial charge in [-0.2, -0.15) is 0 Å². The van der Waals surface area contributed by atoms with Gasteiger partial charge in [-0.15, -0.1) is 0 Å². The summed E-state index contributed by atoms with van der Waals surface area (Å²) in [4.78, 5) is 0. The molecule has 0 heterocycles. The van der Waals surface area contributed by atoms with E-state index in [2.05, 4.69) is 27.7 Å². The van der Waals surface area contributed by atoms with Crippen LogP contribution in [0, 0.1) is 0 Å². The minimum Gasteiger partial charge on any atom is -0.326 e. The molecule has 0 aliphatic heterocycles. The van der Waals surface area contributed by atoms with Crippen molar-refractivity contribution < 1.29 is 0 Å². The molecule has 0 radical (unpaired) electrons. The number of hydrogen-bond acceptors (Lipinski definition) is 1. The van der Waals surface area contributed by atoms with Crippen molar-refractivity contribution in [1.82, 2.24) is 0 Å². The highest BCUT2D eigenvalue weighted by Crippen LogP contribution is 1.94. The summed E-state index contributed by atoms with van der Waals surface area (Å²) in [6.45, 7) is 9.25. The molecule has 1 aromatic carbocycles. The third kappa shape index (κ3) is 18.9. The molecule has 0 amide bonds. The van der Waals surface area contributed by atoms with E-state index in [9.17, 15) is 0 Å². The van der Waals surface area contributed by atoms with E-state index in [0.717, 1.165) is 0 Å². The van der Waals surface area contributed by atoms with Crippen molar-refractivity contribution in [3.63, 3.8) is 0 Å². The first kappa shape index (κ1) is 20.6. The van der Waals surface area contributed by atoms with Gasteiger partial charge >= 0.3 is 0 Å². The Labute approximate surface area is 103 Å². The molecule has 0 spiro atoms. The predicted molar refractivity (Wildman–Crippen MR) is 77.6 cm³/mol. The normalized spacial score (nSPS) is 7.56. The first-order valence-corrected chi connectivity index (χ1v) is 6.00. The van der Waals surface area contributed by atoms with Crippen molar-refractivity contribution >= 4 is 0 Å². The number of unbranched alkanes of at least 4 members (excludes halogenated alkanes) is 1. The number of hydrogen-bond donors (Lipinski definition) is 1. The SMILES string of the molecule is C.CCC.CCCC.NCc1ccccc1. The van der Waals surface area contributed by atoms with Crippen LogP contribution < -0.4 is 5.73 Å². The lowest BCUT2D eigenvalue weighted by Crippen LogP contribution is -1.94. The van der Waals surface area contributed by atoms with Crippen LogP contribution in [-0.2, 0) is 6.54 Å². The molecule has 0 atom stereocenters. The van der Waals surface area contributed by atoms with E-state index in [1.807, 2.05) is 30.3 Å². The summed E-state index contributed by atoms with van der Waals surface area (Å²) in [5.74, 6) is 0. The van der Waals surface area contributed by atoms with Gasteiger partial charge in [0.1, 0.15) is 0 Å². The predicted octanol–water partition coefficient (Wildman–Crippen LogP) is 5.00. The fraction of sp³-hybridized carbons (Fsp3) is 0.600. The zero-order chi connectivity index (χ0) is 11.9. The number of rotatable bonds is 2. The summed E-state index contributed by atoms with van der Waals surface area (Å²) >= 11 is 0. The van der Waals surface area contributed by atoms with Crippen molar-refractivity contribution in [2.75, 3.05) is 0 Å². The number of nitrogens with two attached hydrogens (primary N) is 1. The van der Waals surface area contributed by atoms with Crippen molar-refractivity contribution in [2.24, 2.45) is 5.73 Å². The summed E-state index contributed by atoms with van der Waals surface area (Å²) < 4.78 is 0. The minimum atomic E-state index is 0. The van der Waals surface area contributed by atoms with Gasteiger partial charge in [0.15, 0.2) is 0 Å². The van der Waals surface area contributed by atoms with Crippen LogP contribution >= 0.6 is 0 Å². The summed E-state index contributed by atoms with van der Waals surface area (Å²) in [5.41, 5.74) is 6.54. The molecule has 0 fully saturated rings. The molecule has 0 aliphatic carbocycles. The molecule has 2 N–H and O–H groups in total. The molecule has 1 heteroatoms. The second-order valence-corrected chi connectivity index (χ2v) is 3.40. The maximum Gasteiger partial charge on any atom is 0.0178 e. The van der Waals surface area contributed by atoms with E-state index in [1.54, 1.807) is 0 Å². The van der Waals surface area contributed by atoms with Gasteiger partial charge in [0.2, 0.25) is 0 Å². The molecule has 16 heavy (non-hydrogen) atoms. The molecule has 0 saturated carbocycles. The van der Waals surface area contributed by atoms with E-state index >= 15 is 0 Å². The Morgan fingerprint density at radius 2 is 1.25 bits per heavy atom. The lowest BCUT2D eigenvalue weighted by molar-refractivity contribution is 0.886. The van der Waals surface area contributed by atoms with Gasteiger partial charge in [0, 0.05) is 6.54 Å². The zero-order valence-electron chi connectivity index (χ0n) is 10.8. The van der Waals surface area contributed by atoms with E-state index in [0.29, 0.717) is 6.54 Å². The Kier molecular flexibility index (Phi) is 25.3. The van der Waals surface area contributed by atoms with Crippen LogP contribution in [0.1, 0.15) is 59.9 Å². The molecular formula is C15H31N. The van der Waals surface area contributed by atoms with E-state index < -0.39 is 0 Å². The minimum absolute atomic E-state index is 0. The average Bonchev–Trinajstić information content (AvgIpc) is 2.31. The second-order valence-electron chi connectivity index (χ2n) is 3.40. The quantitative estimate of drug-likeness (QED) is 0.752. The van der Waals surface area contributed by atoms with Crippen LogP contribution in [0.2, 0.25) is 0 Å². The van der Waals surface area contributed by atoms with Crippen molar-refractivity contribution in [2.45, 2.75) is 60.9 Å². The molecule has 1 nitrogen and oxygen atoms in total. The highest BCUT2D eigenvalue weighted by Gasteiger charge is 1.80. The Hall–Kier alpha value is -0.820. The summed E-state index contributed by atoms with van der Waals surface area (Å²) in [6, 6.07) is 9.99. The Morgan fingerprint density at radius 1 is 0.875 bits per heavy atom. The van der Waals surface area contributed by atoms with E-state index in [4.69, 9.17) is 5.73 Å². The smallest absolute Gasteiger partial charge is 0.0178 e. The van der Waals surface area contributed by atoms with Gasteiger partial charge in [-0.1, -0.05) is 84.7 Å². The lowest BCUT2D eigenvalue weighted by Gasteiger charge is -1.90. The van der Waals surface area contributed by atoms with Crippen molar-refractivity contribution in [1.29, 1.82) is 0 Å². The molecule has 1 rings (SSSR count). The fourth-order valence-electron chi connectivity index (χ4n) is 0.614. The maximum atomic E-state index is 5.35. The van der Waals surface area contributed by atoms with E-state index in [1.165, 1.54) is 24.8 Å². The van der Waals surface area contributed by atoms with Crippen molar-refractivity contribution in [3.8, 4) is 0 Å². The summed E-state index contributed by atoms with van der Waals surface area (Å²) in [6.07, 6.45) is 3.89. The highest BCUT2D eigenvalue weighted by atomic mass is 14.5. The molecule has 0 aromatic heterocycles. The van der Waals surface area contributed by atoms with E-state index in [-0.39, 0.29) is 7.43 Å². The van der Waals surface area contributed by atoms with Gasteiger partial charge in [0.05, 0.1) is 0 Å². The summed E-state index contributed by atoms with van der Waals surface area (Å²) in [5, 5.41) is 0. The molecular weight excluding hydrogens is 194 g/mol. The highest BCUT2D eigenvalue weighted by molar-refractivity contribution is 5.13. The third-order valence-electron chi connectivity index (χ3n) is 1.58. The van der Waals surface area contributed by atoms with Gasteiger partial charge in [0.25, 0.3) is 0 Å². The van der Waals surface area contributed by atoms with Crippen molar-refractivity contribution in [3.05, 3.63) is 35.9 Å². The van der Waals surface area contributed by atoms with Crippen LogP contribution in [0.3, 0.4) is 0 Å². The Morgan fingerprint density at radius 3 is 1.44 bits per heavy atom. The standard InChI is InChI=1S/C7H9N.C4H10.C3H8.CH4/c8-6-7-4-2-1-3-5-7;1-3-4-2;1-3-2;/h1-5H,6,8H2;3-4H2,1-2H3;3H2,1-2H3;1H4. The third-order valence-corrected chi connectivity index (χ3v) is 1.58. The maximum absolute atomic E-state index is 5.35. The van der Waals surface area contributed by atoms with Crippen LogP contribution in [0.15, 0.2) is 30.3 Å². The lowest BCUT2D eigenvalue weighted by atomic mass is 10.2. The molecule has 96 valence electrons. The Balaban J connectivity index is -0.000000182. The monoisotopic (exact) mass is 225 g/mol. The largest absolute Gasteiger partial charge is 0.326 e. The second kappa shape index (κ2) is 19.7. The molecule has 1 aromatic rings. The van der Waals surface area contributed by atoms with Gasteiger partial charge in [-0.3, -0.25) is 0 Å². The average molecular weight is 225 g/mol. The van der Waals surface area contributed by atoms with Gasteiger partial charge in [-0.05, 0) is 5.56 Å². The molecule has 0 aliphatic rings. The molecule has 0 unspecified atom stereocenters. The molecule has 0 saturated heterocycles. The summed E-state index contributed by atoms with van der Waals surface area (Å²) in [7, 11) is 0. The fourth-order valence-corrected chi connectivity index (χ4v) is 0.614. The first-order chi connectivity index (χ1) is 7.26. The van der Waals surface area contributed by atoms with Gasteiger partial charge in [-0.25, -0.2) is 0 Å². The first-order valence-electron chi connectivity index (χ1n) is 6.00. The van der Waals surface area contributed by atoms with Crippen LogP contribution in [0.5, 0.6) is 0 Å². The Bertz CT molecular complexity index is 180. The van der Waals surface area contributed by atoms with Crippen LogP contribution in [0.25, 0.3) is 0 Å². The van der Waals surface area contributed by atoms with Crippen LogP contribution in [0.4, 0.5) is 0 Å². The van der Waals surface area contributed by atoms with Gasteiger partial charge < -0.3 is 5.73 Å². The van der Waals surface area contributed by atoms with Crippen LogP contribution in [-0.4, -0.2) is 0 Å². The topological polar surface area (TPSA) is 26.0 Å². The zero-order valence-corrected chi connectivity index (χ0v) is 10.8.